The number of ether oxygens (including phenoxy) is 1. The van der Waals surface area contributed by atoms with Crippen LogP contribution in [0.15, 0.2) is 71.9 Å². The van der Waals surface area contributed by atoms with Gasteiger partial charge >= 0.3 is 0 Å². The van der Waals surface area contributed by atoms with Gasteiger partial charge in [0.25, 0.3) is 17.4 Å². The molecule has 0 saturated carbocycles. The number of nitrogens with zero attached hydrogens (tertiary/aromatic N) is 3. The molecule has 0 radical (unpaired) electrons. The van der Waals surface area contributed by atoms with Crippen LogP contribution in [0, 0.1) is 5.82 Å². The summed E-state index contributed by atoms with van der Waals surface area (Å²) in [5.74, 6) is -2.12. The van der Waals surface area contributed by atoms with Crippen LogP contribution in [-0.2, 0) is 16.1 Å². The minimum Gasteiger partial charge on any atom is -0.384 e. The summed E-state index contributed by atoms with van der Waals surface area (Å²) in [6, 6.07) is 11.3. The van der Waals surface area contributed by atoms with Crippen molar-refractivity contribution in [1.82, 2.24) is 25.1 Å². The van der Waals surface area contributed by atoms with Crippen LogP contribution in [0.5, 0.6) is 0 Å². The van der Waals surface area contributed by atoms with Crippen LogP contribution in [0.1, 0.15) is 46.1 Å². The molecule has 1 aromatic carbocycles. The number of aromatic amines is 1. The third-order valence-electron chi connectivity index (χ3n) is 6.03. The molecule has 4 aromatic rings. The van der Waals surface area contributed by atoms with E-state index in [0.717, 1.165) is 12.3 Å². The fourth-order valence-corrected chi connectivity index (χ4v) is 4.26. The van der Waals surface area contributed by atoms with Crippen molar-refractivity contribution < 1.29 is 18.7 Å². The number of halogens is 2. The maximum Gasteiger partial charge on any atom is 0.270 e. The second kappa shape index (κ2) is 12.5. The third kappa shape index (κ3) is 6.57. The molecule has 0 aliphatic carbocycles. The molecule has 12 heteroatoms. The van der Waals surface area contributed by atoms with E-state index in [1.165, 1.54) is 24.2 Å². The fraction of sp³-hybridized carbons (Fsp3) is 0.222. The summed E-state index contributed by atoms with van der Waals surface area (Å²) in [7, 11) is 1.47. The summed E-state index contributed by atoms with van der Waals surface area (Å²) in [6.45, 7) is 2.40. The number of aryl methyl sites for hydroxylation is 1. The summed E-state index contributed by atoms with van der Waals surface area (Å²) >= 11 is 6.03. The van der Waals surface area contributed by atoms with Gasteiger partial charge in [-0.3, -0.25) is 19.1 Å². The molecule has 0 saturated heterocycles. The molecule has 2 amide bonds. The summed E-state index contributed by atoms with van der Waals surface area (Å²) < 4.78 is 20.7. The Kier molecular flexibility index (Phi) is 8.84. The minimum absolute atomic E-state index is 0.0818. The van der Waals surface area contributed by atoms with Gasteiger partial charge in [0.1, 0.15) is 23.4 Å². The van der Waals surface area contributed by atoms with Crippen LogP contribution in [0.2, 0.25) is 5.02 Å². The summed E-state index contributed by atoms with van der Waals surface area (Å²) in [5, 5.41) is 10.1. The van der Waals surface area contributed by atoms with Crippen molar-refractivity contribution in [3.05, 3.63) is 111 Å². The summed E-state index contributed by atoms with van der Waals surface area (Å²) in [6.07, 6.45) is 3.94. The molecule has 0 aliphatic rings. The van der Waals surface area contributed by atoms with E-state index in [4.69, 9.17) is 16.3 Å². The van der Waals surface area contributed by atoms with Crippen molar-refractivity contribution in [3.63, 3.8) is 0 Å². The number of nitrogens with one attached hydrogen (secondary N) is 3. The van der Waals surface area contributed by atoms with Crippen LogP contribution in [0.25, 0.3) is 0 Å². The third-order valence-corrected chi connectivity index (χ3v) is 6.28. The Morgan fingerprint density at radius 3 is 2.62 bits per heavy atom. The summed E-state index contributed by atoms with van der Waals surface area (Å²) in [5.41, 5.74) is 1.06. The highest BCUT2D eigenvalue weighted by atomic mass is 35.5. The zero-order chi connectivity index (χ0) is 27.9. The predicted octanol–water partition coefficient (Wildman–Crippen LogP) is 3.67. The van der Waals surface area contributed by atoms with Gasteiger partial charge in [-0.05, 0) is 54.4 Å². The van der Waals surface area contributed by atoms with Gasteiger partial charge in [0.15, 0.2) is 0 Å². The monoisotopic (exact) mass is 552 g/mol. The number of pyridine rings is 2. The molecule has 0 aliphatic heterocycles. The molecular weight excluding hydrogens is 527 g/mol. The maximum atomic E-state index is 13.9. The van der Waals surface area contributed by atoms with Crippen molar-refractivity contribution >= 4 is 29.2 Å². The standard InChI is InChI=1S/C27H26ClFN6O4/c1-3-35-22(9-11-32-35)26(37)34-24(16-4-6-18(28)7-5-16)27(38)33-23-12-17(8-10-30-23)21(15-39-2)20-13-19(29)14-31-25(20)36/h4-14,21,24H,3,15H2,1-2H3,(H,31,36)(H,34,37)(H,30,33,38)/t21-,24+/m1/s1. The first kappa shape index (κ1) is 27.7. The first-order valence-corrected chi connectivity index (χ1v) is 12.4. The molecule has 0 bridgehead atoms. The molecule has 3 heterocycles. The van der Waals surface area contributed by atoms with E-state index in [1.54, 1.807) is 42.5 Å². The van der Waals surface area contributed by atoms with Crippen molar-refractivity contribution in [2.75, 3.05) is 19.0 Å². The number of anilines is 1. The molecule has 39 heavy (non-hydrogen) atoms. The molecule has 4 rings (SSSR count). The van der Waals surface area contributed by atoms with Gasteiger partial charge in [0, 0.05) is 48.7 Å². The average molecular weight is 553 g/mol. The Bertz CT molecular complexity index is 1520. The fourth-order valence-electron chi connectivity index (χ4n) is 4.13. The van der Waals surface area contributed by atoms with E-state index >= 15 is 0 Å². The average Bonchev–Trinajstić information content (AvgIpc) is 3.42. The molecule has 202 valence electrons. The van der Waals surface area contributed by atoms with E-state index in [9.17, 15) is 18.8 Å². The van der Waals surface area contributed by atoms with Crippen molar-refractivity contribution in [2.24, 2.45) is 0 Å². The van der Waals surface area contributed by atoms with E-state index in [1.807, 2.05) is 6.92 Å². The van der Waals surface area contributed by atoms with Gasteiger partial charge < -0.3 is 20.4 Å². The van der Waals surface area contributed by atoms with Gasteiger partial charge in [-0.1, -0.05) is 23.7 Å². The molecule has 0 fully saturated rings. The summed E-state index contributed by atoms with van der Waals surface area (Å²) in [4.78, 5) is 45.6. The number of rotatable bonds is 10. The smallest absolute Gasteiger partial charge is 0.270 e. The number of benzene rings is 1. The van der Waals surface area contributed by atoms with Gasteiger partial charge in [-0.2, -0.15) is 5.10 Å². The molecular formula is C27H26ClFN6O4. The van der Waals surface area contributed by atoms with Crippen molar-refractivity contribution in [1.29, 1.82) is 0 Å². The second-order valence-corrected chi connectivity index (χ2v) is 9.00. The van der Waals surface area contributed by atoms with E-state index in [-0.39, 0.29) is 18.0 Å². The lowest BCUT2D eigenvalue weighted by Gasteiger charge is -2.20. The lowest BCUT2D eigenvalue weighted by atomic mass is 9.93. The largest absolute Gasteiger partial charge is 0.384 e. The van der Waals surface area contributed by atoms with Crippen LogP contribution in [-0.4, -0.2) is 45.3 Å². The van der Waals surface area contributed by atoms with Gasteiger partial charge in [0.05, 0.1) is 6.61 Å². The number of methoxy groups -OCH3 is 1. The molecule has 0 unspecified atom stereocenters. The topological polar surface area (TPSA) is 131 Å². The van der Waals surface area contributed by atoms with Gasteiger partial charge in [-0.25, -0.2) is 9.37 Å². The molecule has 2 atom stereocenters. The molecule has 0 spiro atoms. The van der Waals surface area contributed by atoms with Crippen molar-refractivity contribution in [2.45, 2.75) is 25.4 Å². The van der Waals surface area contributed by atoms with Gasteiger partial charge in [-0.15, -0.1) is 0 Å². The second-order valence-electron chi connectivity index (χ2n) is 8.56. The highest BCUT2D eigenvalue weighted by Gasteiger charge is 2.26. The Morgan fingerprint density at radius 1 is 1.13 bits per heavy atom. The van der Waals surface area contributed by atoms with Crippen molar-refractivity contribution in [3.8, 4) is 0 Å². The zero-order valence-corrected chi connectivity index (χ0v) is 21.9. The highest BCUT2D eigenvalue weighted by molar-refractivity contribution is 6.30. The number of carbonyl (C=O) groups excluding carboxylic acids is 2. The predicted molar refractivity (Wildman–Crippen MR) is 143 cm³/mol. The molecule has 3 N–H and O–H groups in total. The quantitative estimate of drug-likeness (QED) is 0.275. The normalized spacial score (nSPS) is 12.5. The zero-order valence-electron chi connectivity index (χ0n) is 21.2. The lowest BCUT2D eigenvalue weighted by molar-refractivity contribution is -0.118. The minimum atomic E-state index is -1.10. The number of hydrogen-bond donors (Lipinski definition) is 3. The number of H-pyrrole nitrogens is 1. The Hall–Kier alpha value is -4.35. The Labute approximate surface area is 228 Å². The number of aromatic nitrogens is 4. The van der Waals surface area contributed by atoms with E-state index in [0.29, 0.717) is 28.4 Å². The highest BCUT2D eigenvalue weighted by Crippen LogP contribution is 2.25. The van der Waals surface area contributed by atoms with E-state index in [2.05, 4.69) is 25.7 Å². The maximum absolute atomic E-state index is 13.9. The van der Waals surface area contributed by atoms with E-state index < -0.39 is 35.2 Å². The Balaban J connectivity index is 1.63. The van der Waals surface area contributed by atoms with Gasteiger partial charge in [0.2, 0.25) is 0 Å². The van der Waals surface area contributed by atoms with Crippen LogP contribution >= 0.6 is 11.6 Å². The first-order valence-electron chi connectivity index (χ1n) is 12.0. The molecule has 3 aromatic heterocycles. The molecule has 10 nitrogen and oxygen atoms in total. The Morgan fingerprint density at radius 2 is 1.90 bits per heavy atom. The first-order chi connectivity index (χ1) is 18.8. The van der Waals surface area contributed by atoms with Crippen LogP contribution in [0.4, 0.5) is 10.2 Å². The lowest BCUT2D eigenvalue weighted by Crippen LogP contribution is -2.38. The number of carbonyl (C=O) groups is 2. The SMILES string of the molecule is CCn1nccc1C(=O)N[C@H](C(=O)Nc1cc([C@@H](COC)c2cc(F)c[nH]c2=O)ccn1)c1ccc(Cl)cc1. The number of amides is 2. The van der Waals surface area contributed by atoms with Crippen LogP contribution in [0.3, 0.4) is 0 Å². The van der Waals surface area contributed by atoms with Crippen LogP contribution < -0.4 is 16.2 Å². The number of hydrogen-bond acceptors (Lipinski definition) is 6.